The average molecular weight is 183 g/mol. The first-order chi connectivity index (χ1) is 6.02. The summed E-state index contributed by atoms with van der Waals surface area (Å²) in [7, 11) is 0. The molecule has 0 aliphatic heterocycles. The van der Waals surface area contributed by atoms with Gasteiger partial charge in [0.05, 0.1) is 6.10 Å². The molecule has 1 rings (SSSR count). The standard InChI is InChI=1S/C10H14FNO/c1-6-3-4-8(11)5-9(6)10(13)7(2)12/h3-5,7,10,13H,12H2,1-2H3/t7-,10-/m1/s1. The number of rotatable bonds is 2. The lowest BCUT2D eigenvalue weighted by Gasteiger charge is -2.16. The van der Waals surface area contributed by atoms with E-state index in [9.17, 15) is 9.50 Å². The molecule has 0 spiro atoms. The Hall–Kier alpha value is -0.930. The Morgan fingerprint density at radius 2 is 2.08 bits per heavy atom. The maximum absolute atomic E-state index is 12.8. The summed E-state index contributed by atoms with van der Waals surface area (Å²) >= 11 is 0. The zero-order valence-corrected chi connectivity index (χ0v) is 7.79. The third-order valence-electron chi connectivity index (χ3n) is 2.06. The summed E-state index contributed by atoms with van der Waals surface area (Å²) < 4.78 is 12.8. The van der Waals surface area contributed by atoms with Gasteiger partial charge in [-0.05, 0) is 37.1 Å². The van der Waals surface area contributed by atoms with E-state index in [1.54, 1.807) is 13.0 Å². The Morgan fingerprint density at radius 3 is 2.62 bits per heavy atom. The number of halogens is 1. The lowest BCUT2D eigenvalue weighted by molar-refractivity contribution is 0.152. The molecule has 0 heterocycles. The fraction of sp³-hybridized carbons (Fsp3) is 0.400. The molecular weight excluding hydrogens is 169 g/mol. The van der Waals surface area contributed by atoms with E-state index in [-0.39, 0.29) is 11.9 Å². The SMILES string of the molecule is Cc1ccc(F)cc1[C@H](O)[C@@H](C)N. The number of hydrogen-bond acceptors (Lipinski definition) is 2. The number of hydrogen-bond donors (Lipinski definition) is 2. The highest BCUT2D eigenvalue weighted by molar-refractivity contribution is 5.29. The van der Waals surface area contributed by atoms with Crippen LogP contribution in [0.1, 0.15) is 24.2 Å². The number of aryl methyl sites for hydroxylation is 1. The fourth-order valence-corrected chi connectivity index (χ4v) is 1.21. The lowest BCUT2D eigenvalue weighted by atomic mass is 9.99. The quantitative estimate of drug-likeness (QED) is 0.730. The Bertz CT molecular complexity index is 299. The van der Waals surface area contributed by atoms with Crippen molar-refractivity contribution >= 4 is 0 Å². The Morgan fingerprint density at radius 1 is 1.46 bits per heavy atom. The predicted molar refractivity (Wildman–Crippen MR) is 49.7 cm³/mol. The van der Waals surface area contributed by atoms with Crippen molar-refractivity contribution in [1.82, 2.24) is 0 Å². The highest BCUT2D eigenvalue weighted by Gasteiger charge is 2.14. The van der Waals surface area contributed by atoms with Gasteiger partial charge >= 0.3 is 0 Å². The van der Waals surface area contributed by atoms with E-state index in [1.807, 2.05) is 6.92 Å². The molecule has 1 aromatic carbocycles. The molecule has 72 valence electrons. The molecular formula is C10H14FNO. The van der Waals surface area contributed by atoms with E-state index in [0.717, 1.165) is 5.56 Å². The van der Waals surface area contributed by atoms with Gasteiger partial charge in [0, 0.05) is 6.04 Å². The largest absolute Gasteiger partial charge is 0.387 e. The van der Waals surface area contributed by atoms with Crippen LogP contribution in [0.2, 0.25) is 0 Å². The van der Waals surface area contributed by atoms with Gasteiger partial charge in [-0.1, -0.05) is 6.07 Å². The zero-order valence-electron chi connectivity index (χ0n) is 7.79. The van der Waals surface area contributed by atoms with Crippen molar-refractivity contribution < 1.29 is 9.50 Å². The molecule has 0 amide bonds. The summed E-state index contributed by atoms with van der Waals surface area (Å²) in [5.74, 6) is -0.347. The lowest BCUT2D eigenvalue weighted by Crippen LogP contribution is -2.25. The molecule has 0 aromatic heterocycles. The zero-order chi connectivity index (χ0) is 10.0. The smallest absolute Gasteiger partial charge is 0.123 e. The van der Waals surface area contributed by atoms with Crippen molar-refractivity contribution in [3.05, 3.63) is 35.1 Å². The van der Waals surface area contributed by atoms with Gasteiger partial charge in [0.15, 0.2) is 0 Å². The summed E-state index contributed by atoms with van der Waals surface area (Å²) in [5.41, 5.74) is 6.93. The van der Waals surface area contributed by atoms with Gasteiger partial charge < -0.3 is 10.8 Å². The van der Waals surface area contributed by atoms with Gasteiger partial charge in [-0.25, -0.2) is 4.39 Å². The summed E-state index contributed by atoms with van der Waals surface area (Å²) in [6, 6.07) is 3.94. The van der Waals surface area contributed by atoms with Crippen LogP contribution in [0.15, 0.2) is 18.2 Å². The molecule has 0 bridgehead atoms. The normalized spacial score (nSPS) is 15.5. The molecule has 3 N–H and O–H groups in total. The van der Waals surface area contributed by atoms with E-state index < -0.39 is 6.10 Å². The topological polar surface area (TPSA) is 46.2 Å². The van der Waals surface area contributed by atoms with Crippen molar-refractivity contribution in [2.24, 2.45) is 5.73 Å². The molecule has 3 heteroatoms. The van der Waals surface area contributed by atoms with Gasteiger partial charge in [-0.15, -0.1) is 0 Å². The molecule has 2 atom stereocenters. The summed E-state index contributed by atoms with van der Waals surface area (Å²) in [5, 5.41) is 9.61. The molecule has 0 aliphatic rings. The maximum Gasteiger partial charge on any atom is 0.123 e. The van der Waals surface area contributed by atoms with Crippen LogP contribution in [-0.4, -0.2) is 11.1 Å². The summed E-state index contributed by atoms with van der Waals surface area (Å²) in [6.07, 6.45) is -0.796. The molecule has 2 nitrogen and oxygen atoms in total. The summed E-state index contributed by atoms with van der Waals surface area (Å²) in [4.78, 5) is 0. The summed E-state index contributed by atoms with van der Waals surface area (Å²) in [6.45, 7) is 3.51. The fourth-order valence-electron chi connectivity index (χ4n) is 1.21. The van der Waals surface area contributed by atoms with Gasteiger partial charge in [0.2, 0.25) is 0 Å². The van der Waals surface area contributed by atoms with Crippen molar-refractivity contribution in [3.8, 4) is 0 Å². The first-order valence-electron chi connectivity index (χ1n) is 4.22. The first-order valence-corrected chi connectivity index (χ1v) is 4.22. The van der Waals surface area contributed by atoms with E-state index >= 15 is 0 Å². The minimum absolute atomic E-state index is 0.347. The van der Waals surface area contributed by atoms with Gasteiger partial charge in [0.1, 0.15) is 5.82 Å². The number of aliphatic hydroxyl groups excluding tert-OH is 1. The van der Waals surface area contributed by atoms with E-state index in [4.69, 9.17) is 5.73 Å². The van der Waals surface area contributed by atoms with Gasteiger partial charge in [-0.2, -0.15) is 0 Å². The number of benzene rings is 1. The average Bonchev–Trinajstić information content (AvgIpc) is 2.08. The Balaban J connectivity index is 3.05. The second-order valence-corrected chi connectivity index (χ2v) is 3.30. The van der Waals surface area contributed by atoms with Crippen LogP contribution in [0.5, 0.6) is 0 Å². The van der Waals surface area contributed by atoms with Crippen molar-refractivity contribution in [3.63, 3.8) is 0 Å². The molecule has 0 radical (unpaired) electrons. The van der Waals surface area contributed by atoms with Gasteiger partial charge in [-0.3, -0.25) is 0 Å². The van der Waals surface area contributed by atoms with Crippen molar-refractivity contribution in [1.29, 1.82) is 0 Å². The number of nitrogens with two attached hydrogens (primary N) is 1. The van der Waals surface area contributed by atoms with Crippen LogP contribution >= 0.6 is 0 Å². The highest BCUT2D eigenvalue weighted by atomic mass is 19.1. The first kappa shape index (κ1) is 10.2. The van der Waals surface area contributed by atoms with E-state index in [0.29, 0.717) is 5.56 Å². The Labute approximate surface area is 77.2 Å². The minimum atomic E-state index is -0.796. The maximum atomic E-state index is 12.8. The van der Waals surface area contributed by atoms with E-state index in [1.165, 1.54) is 12.1 Å². The van der Waals surface area contributed by atoms with Gasteiger partial charge in [0.25, 0.3) is 0 Å². The van der Waals surface area contributed by atoms with Crippen LogP contribution in [0.4, 0.5) is 4.39 Å². The molecule has 0 saturated carbocycles. The molecule has 0 saturated heterocycles. The monoisotopic (exact) mass is 183 g/mol. The molecule has 0 fully saturated rings. The molecule has 1 aromatic rings. The van der Waals surface area contributed by atoms with E-state index in [2.05, 4.69) is 0 Å². The Kier molecular flexibility index (Phi) is 3.01. The van der Waals surface area contributed by atoms with Crippen LogP contribution in [0.3, 0.4) is 0 Å². The minimum Gasteiger partial charge on any atom is -0.387 e. The van der Waals surface area contributed by atoms with Crippen LogP contribution in [-0.2, 0) is 0 Å². The third-order valence-corrected chi connectivity index (χ3v) is 2.06. The second kappa shape index (κ2) is 3.85. The molecule has 13 heavy (non-hydrogen) atoms. The predicted octanol–water partition coefficient (Wildman–Crippen LogP) is 1.51. The molecule has 0 aliphatic carbocycles. The number of aliphatic hydroxyl groups is 1. The molecule has 0 unspecified atom stereocenters. The van der Waals surface area contributed by atoms with Crippen LogP contribution < -0.4 is 5.73 Å². The van der Waals surface area contributed by atoms with Crippen molar-refractivity contribution in [2.45, 2.75) is 26.0 Å². The third kappa shape index (κ3) is 2.26. The highest BCUT2D eigenvalue weighted by Crippen LogP contribution is 2.20. The van der Waals surface area contributed by atoms with Crippen molar-refractivity contribution in [2.75, 3.05) is 0 Å². The second-order valence-electron chi connectivity index (χ2n) is 3.30. The van der Waals surface area contributed by atoms with Crippen LogP contribution in [0, 0.1) is 12.7 Å². The van der Waals surface area contributed by atoms with Crippen LogP contribution in [0.25, 0.3) is 0 Å².